The van der Waals surface area contributed by atoms with Gasteiger partial charge < -0.3 is 4.74 Å². The van der Waals surface area contributed by atoms with Crippen molar-refractivity contribution >= 4 is 5.97 Å². The van der Waals surface area contributed by atoms with Crippen LogP contribution in [0.4, 0.5) is 0 Å². The molecule has 0 saturated heterocycles. The van der Waals surface area contributed by atoms with E-state index in [4.69, 9.17) is 4.74 Å². The van der Waals surface area contributed by atoms with Crippen molar-refractivity contribution in [1.29, 1.82) is 0 Å². The van der Waals surface area contributed by atoms with Gasteiger partial charge in [0, 0.05) is 0 Å². The first-order chi connectivity index (χ1) is 6.95. The number of hydrogen-bond acceptors (Lipinski definition) is 2. The lowest BCUT2D eigenvalue weighted by molar-refractivity contribution is -0.149. The number of carbonyl (C=O) groups excluding carboxylic acids is 1. The van der Waals surface area contributed by atoms with Gasteiger partial charge in [0.05, 0.1) is 13.0 Å². The minimum atomic E-state index is -0.155. The maximum atomic E-state index is 11.8. The molecule has 0 aromatic carbocycles. The lowest BCUT2D eigenvalue weighted by Crippen LogP contribution is -2.31. The van der Waals surface area contributed by atoms with Crippen LogP contribution in [0.3, 0.4) is 0 Å². The Bertz CT molecular complexity index is 300. The number of allylic oxidation sites excluding steroid dienone is 3. The Morgan fingerprint density at radius 3 is 2.67 bits per heavy atom. The largest absolute Gasteiger partial charge is 0.469 e. The highest BCUT2D eigenvalue weighted by Gasteiger charge is 2.48. The Labute approximate surface area is 92.0 Å². The molecule has 1 saturated carbocycles. The Hall–Kier alpha value is -1.05. The molecule has 0 radical (unpaired) electrons. The van der Waals surface area contributed by atoms with Gasteiger partial charge in [0.2, 0.25) is 0 Å². The summed E-state index contributed by atoms with van der Waals surface area (Å²) in [5.74, 6) is 0.0258. The zero-order valence-electron chi connectivity index (χ0n) is 10.0. The lowest BCUT2D eigenvalue weighted by atomic mass is 9.77. The topological polar surface area (TPSA) is 26.3 Å². The third-order valence-electron chi connectivity index (χ3n) is 3.49. The van der Waals surface area contributed by atoms with Gasteiger partial charge in [-0.2, -0.15) is 0 Å². The number of esters is 1. The molecule has 2 heteroatoms. The summed E-state index contributed by atoms with van der Waals surface area (Å²) < 4.78 is 4.88. The molecule has 1 fully saturated rings. The first kappa shape index (κ1) is 12.0. The molecular weight excluding hydrogens is 188 g/mol. The smallest absolute Gasteiger partial charge is 0.310 e. The molecule has 2 unspecified atom stereocenters. The van der Waals surface area contributed by atoms with Gasteiger partial charge >= 0.3 is 5.97 Å². The van der Waals surface area contributed by atoms with Crippen molar-refractivity contribution in [3.63, 3.8) is 0 Å². The van der Waals surface area contributed by atoms with E-state index in [1.807, 2.05) is 13.0 Å². The van der Waals surface area contributed by atoms with Gasteiger partial charge in [-0.15, -0.1) is 0 Å². The molecule has 1 aliphatic rings. The van der Waals surface area contributed by atoms with E-state index in [9.17, 15) is 4.79 Å². The highest BCUT2D eigenvalue weighted by Crippen LogP contribution is 2.50. The van der Waals surface area contributed by atoms with E-state index in [1.165, 1.54) is 7.11 Å². The molecule has 1 aliphatic carbocycles. The molecule has 0 aromatic heterocycles. The SMILES string of the molecule is C=C1CC(/C=C/C)C(C(=O)OC)C1(C)C. The second kappa shape index (κ2) is 4.21. The van der Waals surface area contributed by atoms with E-state index >= 15 is 0 Å². The molecule has 0 N–H and O–H groups in total. The zero-order chi connectivity index (χ0) is 11.6. The maximum absolute atomic E-state index is 11.8. The van der Waals surface area contributed by atoms with Crippen molar-refractivity contribution in [2.24, 2.45) is 17.3 Å². The van der Waals surface area contributed by atoms with Crippen LogP contribution >= 0.6 is 0 Å². The normalized spacial score (nSPS) is 29.7. The molecule has 2 atom stereocenters. The summed E-state index contributed by atoms with van der Waals surface area (Å²) in [6.07, 6.45) is 4.97. The van der Waals surface area contributed by atoms with Gasteiger partial charge in [-0.1, -0.05) is 38.2 Å². The summed E-state index contributed by atoms with van der Waals surface area (Å²) in [5, 5.41) is 0. The first-order valence-electron chi connectivity index (χ1n) is 5.34. The summed E-state index contributed by atoms with van der Waals surface area (Å²) in [7, 11) is 1.45. The predicted octanol–water partition coefficient (Wildman–Crippen LogP) is 2.95. The first-order valence-corrected chi connectivity index (χ1v) is 5.34. The van der Waals surface area contributed by atoms with Gasteiger partial charge in [-0.05, 0) is 24.7 Å². The average Bonchev–Trinajstić information content (AvgIpc) is 2.38. The number of carbonyl (C=O) groups is 1. The van der Waals surface area contributed by atoms with E-state index in [1.54, 1.807) is 0 Å². The van der Waals surface area contributed by atoms with E-state index < -0.39 is 0 Å². The van der Waals surface area contributed by atoms with Crippen molar-refractivity contribution in [2.75, 3.05) is 7.11 Å². The Balaban J connectivity index is 3.03. The Morgan fingerprint density at radius 2 is 2.20 bits per heavy atom. The zero-order valence-corrected chi connectivity index (χ0v) is 10.0. The molecule has 0 bridgehead atoms. The third-order valence-corrected chi connectivity index (χ3v) is 3.49. The number of methoxy groups -OCH3 is 1. The summed E-state index contributed by atoms with van der Waals surface area (Å²) in [4.78, 5) is 11.8. The average molecular weight is 208 g/mol. The van der Waals surface area contributed by atoms with Crippen molar-refractivity contribution < 1.29 is 9.53 Å². The van der Waals surface area contributed by atoms with Crippen LogP contribution in [0.2, 0.25) is 0 Å². The van der Waals surface area contributed by atoms with E-state index in [-0.39, 0.29) is 23.2 Å². The van der Waals surface area contributed by atoms with Gasteiger partial charge in [-0.3, -0.25) is 4.79 Å². The van der Waals surface area contributed by atoms with Gasteiger partial charge in [0.1, 0.15) is 0 Å². The van der Waals surface area contributed by atoms with Crippen molar-refractivity contribution in [3.05, 3.63) is 24.3 Å². The molecule has 15 heavy (non-hydrogen) atoms. The molecule has 84 valence electrons. The van der Waals surface area contributed by atoms with Crippen LogP contribution in [0.25, 0.3) is 0 Å². The molecular formula is C13H20O2. The fourth-order valence-corrected chi connectivity index (χ4v) is 2.44. The van der Waals surface area contributed by atoms with Crippen molar-refractivity contribution in [2.45, 2.75) is 27.2 Å². The molecule has 2 nitrogen and oxygen atoms in total. The highest BCUT2D eigenvalue weighted by molar-refractivity contribution is 5.75. The fraction of sp³-hybridized carbons (Fsp3) is 0.615. The maximum Gasteiger partial charge on any atom is 0.310 e. The quantitative estimate of drug-likeness (QED) is 0.515. The van der Waals surface area contributed by atoms with Crippen LogP contribution in [0.1, 0.15) is 27.2 Å². The van der Waals surface area contributed by atoms with Gasteiger partial charge in [0.15, 0.2) is 0 Å². The van der Waals surface area contributed by atoms with Gasteiger partial charge in [0.25, 0.3) is 0 Å². The van der Waals surface area contributed by atoms with Crippen LogP contribution in [-0.2, 0) is 9.53 Å². The summed E-state index contributed by atoms with van der Waals surface area (Å²) in [6, 6.07) is 0. The molecule has 0 heterocycles. The second-order valence-corrected chi connectivity index (χ2v) is 4.72. The lowest BCUT2D eigenvalue weighted by Gasteiger charge is -2.27. The van der Waals surface area contributed by atoms with Crippen molar-refractivity contribution in [3.8, 4) is 0 Å². The third kappa shape index (κ3) is 1.99. The summed E-state index contributed by atoms with van der Waals surface area (Å²) in [6.45, 7) is 10.2. The summed E-state index contributed by atoms with van der Waals surface area (Å²) in [5.41, 5.74) is 0.984. The van der Waals surface area contributed by atoms with Gasteiger partial charge in [-0.25, -0.2) is 0 Å². The van der Waals surface area contributed by atoms with Crippen LogP contribution in [-0.4, -0.2) is 13.1 Å². The van der Waals surface area contributed by atoms with Crippen LogP contribution in [0.15, 0.2) is 24.3 Å². The molecule has 0 aliphatic heterocycles. The monoisotopic (exact) mass is 208 g/mol. The number of ether oxygens (including phenoxy) is 1. The fourth-order valence-electron chi connectivity index (χ4n) is 2.44. The number of hydrogen-bond donors (Lipinski definition) is 0. The van der Waals surface area contributed by atoms with E-state index in [0.717, 1.165) is 12.0 Å². The second-order valence-electron chi connectivity index (χ2n) is 4.72. The predicted molar refractivity (Wildman–Crippen MR) is 61.3 cm³/mol. The minimum absolute atomic E-state index is 0.0915. The molecule has 0 spiro atoms. The van der Waals surface area contributed by atoms with E-state index in [2.05, 4.69) is 26.5 Å². The molecule has 0 amide bonds. The number of rotatable bonds is 2. The molecule has 1 rings (SSSR count). The van der Waals surface area contributed by atoms with Crippen molar-refractivity contribution in [1.82, 2.24) is 0 Å². The Morgan fingerprint density at radius 1 is 1.60 bits per heavy atom. The minimum Gasteiger partial charge on any atom is -0.469 e. The van der Waals surface area contributed by atoms with Crippen LogP contribution in [0.5, 0.6) is 0 Å². The Kier molecular flexibility index (Phi) is 3.38. The van der Waals surface area contributed by atoms with Crippen LogP contribution < -0.4 is 0 Å². The summed E-state index contributed by atoms with van der Waals surface area (Å²) >= 11 is 0. The van der Waals surface area contributed by atoms with Crippen LogP contribution in [0, 0.1) is 17.3 Å². The molecule has 0 aromatic rings. The van der Waals surface area contributed by atoms with E-state index in [0.29, 0.717) is 0 Å². The standard InChI is InChI=1S/C13H20O2/c1-6-7-10-8-9(2)13(3,4)11(10)12(14)15-5/h6-7,10-11H,2,8H2,1,3-5H3/b7-6+. The highest BCUT2D eigenvalue weighted by atomic mass is 16.5.